The third kappa shape index (κ3) is 2.13. The zero-order valence-electron chi connectivity index (χ0n) is 10.4. The van der Waals surface area contributed by atoms with Crippen LogP contribution in [0.5, 0.6) is 0 Å². The van der Waals surface area contributed by atoms with Gasteiger partial charge in [0.15, 0.2) is 0 Å². The van der Waals surface area contributed by atoms with Crippen molar-refractivity contribution < 1.29 is 9.90 Å². The number of hydrogen-bond acceptors (Lipinski definition) is 5. The Morgan fingerprint density at radius 3 is 3.00 bits per heavy atom. The average molecular weight is 275 g/mol. The number of aromatic nitrogens is 2. The van der Waals surface area contributed by atoms with Crippen molar-refractivity contribution in [1.29, 1.82) is 0 Å². The van der Waals surface area contributed by atoms with Gasteiger partial charge in [0.2, 0.25) is 0 Å². The highest BCUT2D eigenvalue weighted by molar-refractivity contribution is 7.07. The molecule has 5 nitrogen and oxygen atoms in total. The van der Waals surface area contributed by atoms with Gasteiger partial charge in [0.1, 0.15) is 4.88 Å². The van der Waals surface area contributed by atoms with Crippen LogP contribution in [0.3, 0.4) is 0 Å². The molecule has 19 heavy (non-hydrogen) atoms. The SMILES string of the molecule is Cc1nnsc1C(=O)N1Cc2ccccc2[C@H](O)C1. The maximum absolute atomic E-state index is 12.4. The lowest BCUT2D eigenvalue weighted by Crippen LogP contribution is -2.38. The van der Waals surface area contributed by atoms with Crippen LogP contribution in [-0.2, 0) is 6.54 Å². The van der Waals surface area contributed by atoms with E-state index in [1.807, 2.05) is 24.3 Å². The predicted octanol–water partition coefficient (Wildman–Crippen LogP) is 1.54. The zero-order valence-corrected chi connectivity index (χ0v) is 11.2. The van der Waals surface area contributed by atoms with Crippen molar-refractivity contribution in [3.8, 4) is 0 Å². The smallest absolute Gasteiger partial charge is 0.267 e. The zero-order chi connectivity index (χ0) is 13.4. The number of nitrogens with zero attached hydrogens (tertiary/aromatic N) is 3. The van der Waals surface area contributed by atoms with E-state index in [0.29, 0.717) is 23.7 Å². The summed E-state index contributed by atoms with van der Waals surface area (Å²) in [6.45, 7) is 2.60. The largest absolute Gasteiger partial charge is 0.387 e. The Morgan fingerprint density at radius 1 is 1.47 bits per heavy atom. The van der Waals surface area contributed by atoms with Crippen LogP contribution in [0.25, 0.3) is 0 Å². The highest BCUT2D eigenvalue weighted by Gasteiger charge is 2.28. The summed E-state index contributed by atoms with van der Waals surface area (Å²) in [6.07, 6.45) is -0.630. The molecule has 3 rings (SSSR count). The molecule has 0 fully saturated rings. The fourth-order valence-electron chi connectivity index (χ4n) is 2.31. The van der Waals surface area contributed by atoms with E-state index in [9.17, 15) is 9.90 Å². The number of β-amino-alcohol motifs (C(OH)–C–C–N with tert-alkyl or cyclic N) is 1. The lowest BCUT2D eigenvalue weighted by atomic mass is 9.97. The number of hydrogen-bond donors (Lipinski definition) is 1. The normalized spacial score (nSPS) is 18.2. The number of carbonyl (C=O) groups excluding carboxylic acids is 1. The van der Waals surface area contributed by atoms with Gasteiger partial charge in [-0.25, -0.2) is 0 Å². The summed E-state index contributed by atoms with van der Waals surface area (Å²) < 4.78 is 3.78. The van der Waals surface area contributed by atoms with Crippen molar-refractivity contribution in [2.24, 2.45) is 0 Å². The van der Waals surface area contributed by atoms with Crippen LogP contribution >= 0.6 is 11.5 Å². The second kappa shape index (κ2) is 4.71. The Kier molecular flexibility index (Phi) is 3.04. The van der Waals surface area contributed by atoms with E-state index in [1.165, 1.54) is 0 Å². The molecule has 1 aromatic carbocycles. The average Bonchev–Trinajstić information content (AvgIpc) is 2.84. The molecule has 6 heteroatoms. The van der Waals surface area contributed by atoms with E-state index in [0.717, 1.165) is 22.7 Å². The molecule has 1 amide bonds. The quantitative estimate of drug-likeness (QED) is 0.857. The summed E-state index contributed by atoms with van der Waals surface area (Å²) in [6, 6.07) is 7.66. The topological polar surface area (TPSA) is 66.3 Å². The van der Waals surface area contributed by atoms with Crippen molar-refractivity contribution in [1.82, 2.24) is 14.5 Å². The molecule has 0 aliphatic carbocycles. The summed E-state index contributed by atoms with van der Waals surface area (Å²) >= 11 is 1.10. The molecular weight excluding hydrogens is 262 g/mol. The van der Waals surface area contributed by atoms with Crippen LogP contribution in [0, 0.1) is 6.92 Å². The maximum Gasteiger partial charge on any atom is 0.267 e. The van der Waals surface area contributed by atoms with Crippen molar-refractivity contribution >= 4 is 17.4 Å². The first-order chi connectivity index (χ1) is 9.16. The minimum absolute atomic E-state index is 0.110. The first-order valence-electron chi connectivity index (χ1n) is 6.01. The Bertz CT molecular complexity index is 626. The third-order valence-electron chi connectivity index (χ3n) is 3.30. The van der Waals surface area contributed by atoms with Crippen LogP contribution in [0.2, 0.25) is 0 Å². The van der Waals surface area contributed by atoms with E-state index < -0.39 is 6.10 Å². The number of carbonyl (C=O) groups is 1. The molecule has 0 bridgehead atoms. The van der Waals surface area contributed by atoms with Gasteiger partial charge >= 0.3 is 0 Å². The standard InChI is InChI=1S/C13H13N3O2S/c1-8-12(19-15-14-8)13(18)16-6-9-4-2-3-5-10(9)11(17)7-16/h2-5,11,17H,6-7H2,1H3/t11-/m1/s1. The van der Waals surface area contributed by atoms with Gasteiger partial charge in [-0.2, -0.15) is 0 Å². The lowest BCUT2D eigenvalue weighted by molar-refractivity contribution is 0.0553. The highest BCUT2D eigenvalue weighted by atomic mass is 32.1. The predicted molar refractivity (Wildman–Crippen MR) is 70.8 cm³/mol. The van der Waals surface area contributed by atoms with E-state index >= 15 is 0 Å². The van der Waals surface area contributed by atoms with Gasteiger partial charge in [0.25, 0.3) is 5.91 Å². The molecule has 0 radical (unpaired) electrons. The maximum atomic E-state index is 12.4. The Hall–Kier alpha value is -1.79. The van der Waals surface area contributed by atoms with Crippen LogP contribution in [-0.4, -0.2) is 32.0 Å². The van der Waals surface area contributed by atoms with Gasteiger partial charge in [-0.3, -0.25) is 4.79 Å². The van der Waals surface area contributed by atoms with Gasteiger partial charge in [0, 0.05) is 6.54 Å². The van der Waals surface area contributed by atoms with Gasteiger partial charge in [-0.05, 0) is 29.6 Å². The Morgan fingerprint density at radius 2 is 2.26 bits per heavy atom. The second-order valence-corrected chi connectivity index (χ2v) is 5.34. The molecule has 0 unspecified atom stereocenters. The highest BCUT2D eigenvalue weighted by Crippen LogP contribution is 2.27. The third-order valence-corrected chi connectivity index (χ3v) is 4.12. The molecule has 0 spiro atoms. The first-order valence-corrected chi connectivity index (χ1v) is 6.78. The fourth-order valence-corrected chi connectivity index (χ4v) is 2.93. The number of rotatable bonds is 1. The molecule has 0 saturated heterocycles. The first kappa shape index (κ1) is 12.3. The van der Waals surface area contributed by atoms with Crippen molar-refractivity contribution in [2.75, 3.05) is 6.54 Å². The monoisotopic (exact) mass is 275 g/mol. The van der Waals surface area contributed by atoms with Crippen LogP contribution < -0.4 is 0 Å². The number of aryl methyl sites for hydroxylation is 1. The summed E-state index contributed by atoms with van der Waals surface area (Å²) in [5, 5.41) is 14.0. The lowest BCUT2D eigenvalue weighted by Gasteiger charge is -2.31. The van der Waals surface area contributed by atoms with Crippen LogP contribution in [0.1, 0.15) is 32.6 Å². The molecule has 0 saturated carbocycles. The van der Waals surface area contributed by atoms with Crippen LogP contribution in [0.15, 0.2) is 24.3 Å². The van der Waals surface area contributed by atoms with E-state index in [4.69, 9.17) is 0 Å². The number of amides is 1. The molecule has 1 aromatic heterocycles. The van der Waals surface area contributed by atoms with Crippen molar-refractivity contribution in [3.63, 3.8) is 0 Å². The molecule has 98 valence electrons. The molecule has 1 atom stereocenters. The van der Waals surface area contributed by atoms with Crippen molar-refractivity contribution in [2.45, 2.75) is 19.6 Å². The van der Waals surface area contributed by atoms with Gasteiger partial charge < -0.3 is 10.0 Å². The molecule has 1 aliphatic heterocycles. The molecule has 2 aromatic rings. The van der Waals surface area contributed by atoms with Gasteiger partial charge in [-0.15, -0.1) is 5.10 Å². The van der Waals surface area contributed by atoms with Gasteiger partial charge in [0.05, 0.1) is 18.3 Å². The second-order valence-electron chi connectivity index (χ2n) is 4.59. The van der Waals surface area contributed by atoms with E-state index in [1.54, 1.807) is 11.8 Å². The summed E-state index contributed by atoms with van der Waals surface area (Å²) in [4.78, 5) is 14.6. The number of benzene rings is 1. The molecule has 1 aliphatic rings. The summed E-state index contributed by atoms with van der Waals surface area (Å²) in [5.74, 6) is -0.110. The summed E-state index contributed by atoms with van der Waals surface area (Å²) in [7, 11) is 0. The fraction of sp³-hybridized carbons (Fsp3) is 0.308. The number of aliphatic hydroxyl groups excluding tert-OH is 1. The van der Waals surface area contributed by atoms with E-state index in [2.05, 4.69) is 9.59 Å². The summed E-state index contributed by atoms with van der Waals surface area (Å²) in [5.41, 5.74) is 2.54. The van der Waals surface area contributed by atoms with Gasteiger partial charge in [-0.1, -0.05) is 28.8 Å². The Labute approximate surface area is 114 Å². The minimum atomic E-state index is -0.630. The molecule has 1 N–H and O–H groups in total. The van der Waals surface area contributed by atoms with E-state index in [-0.39, 0.29) is 5.91 Å². The molecular formula is C13H13N3O2S. The van der Waals surface area contributed by atoms with Crippen LogP contribution in [0.4, 0.5) is 0 Å². The Balaban J connectivity index is 1.89. The van der Waals surface area contributed by atoms with Crippen molar-refractivity contribution in [3.05, 3.63) is 46.0 Å². The molecule has 2 heterocycles. The number of aliphatic hydroxyl groups is 1. The minimum Gasteiger partial charge on any atom is -0.387 e. The number of fused-ring (bicyclic) bond motifs is 1.